The Morgan fingerprint density at radius 1 is 1.06 bits per heavy atom. The highest BCUT2D eigenvalue weighted by Crippen LogP contribution is 2.25. The highest BCUT2D eigenvalue weighted by molar-refractivity contribution is 7.99. The maximum absolute atomic E-state index is 13.3. The standard InChI is InChI=1S/C25H23FN4O2S2/c1-17-3-2-4-20(15-17)30-24(32)23-21(9-14-33-23)27-25(30)34-16-22(31)29-12-10-28(11-13-29)19-7-5-18(26)6-8-19/h2-9,14-15H,10-13,16H2,1H3. The molecule has 0 spiro atoms. The number of piperazine rings is 1. The lowest BCUT2D eigenvalue weighted by Crippen LogP contribution is -2.49. The predicted octanol–water partition coefficient (Wildman–Crippen LogP) is 4.34. The van der Waals surface area contributed by atoms with Crippen molar-refractivity contribution in [1.82, 2.24) is 14.5 Å². The maximum Gasteiger partial charge on any atom is 0.276 e. The summed E-state index contributed by atoms with van der Waals surface area (Å²) in [4.78, 5) is 34.9. The van der Waals surface area contributed by atoms with E-state index in [-0.39, 0.29) is 23.0 Å². The second kappa shape index (κ2) is 9.60. The molecule has 2 aromatic heterocycles. The summed E-state index contributed by atoms with van der Waals surface area (Å²) in [5.74, 6) is -0.0445. The Morgan fingerprint density at radius 2 is 1.82 bits per heavy atom. The molecule has 0 aliphatic carbocycles. The van der Waals surface area contributed by atoms with Crippen LogP contribution in [-0.4, -0.2) is 52.3 Å². The van der Waals surface area contributed by atoms with E-state index in [4.69, 9.17) is 4.98 Å². The molecule has 1 saturated heterocycles. The van der Waals surface area contributed by atoms with Gasteiger partial charge in [0, 0.05) is 31.9 Å². The Kier molecular flexibility index (Phi) is 6.38. The highest BCUT2D eigenvalue weighted by atomic mass is 32.2. The summed E-state index contributed by atoms with van der Waals surface area (Å²) in [5, 5.41) is 2.37. The Bertz CT molecular complexity index is 1390. The number of thioether (sulfide) groups is 1. The molecule has 3 heterocycles. The van der Waals surface area contributed by atoms with E-state index in [2.05, 4.69) is 4.90 Å². The first-order valence-corrected chi connectivity index (χ1v) is 12.8. The minimum absolute atomic E-state index is 0.0132. The third-order valence-electron chi connectivity index (χ3n) is 5.86. The Hall–Kier alpha value is -3.17. The molecule has 5 rings (SSSR count). The van der Waals surface area contributed by atoms with Crippen LogP contribution in [0.15, 0.2) is 69.9 Å². The lowest BCUT2D eigenvalue weighted by Gasteiger charge is -2.36. The van der Waals surface area contributed by atoms with Gasteiger partial charge in [0.05, 0.1) is 17.0 Å². The summed E-state index contributed by atoms with van der Waals surface area (Å²) in [6, 6.07) is 16.0. The maximum atomic E-state index is 13.3. The fraction of sp³-hybridized carbons (Fsp3) is 0.240. The van der Waals surface area contributed by atoms with Crippen molar-refractivity contribution >= 4 is 44.9 Å². The van der Waals surface area contributed by atoms with Crippen molar-refractivity contribution in [3.05, 3.63) is 81.7 Å². The van der Waals surface area contributed by atoms with Gasteiger partial charge >= 0.3 is 0 Å². The van der Waals surface area contributed by atoms with Gasteiger partial charge in [-0.05, 0) is 60.3 Å². The first-order valence-electron chi connectivity index (χ1n) is 11.0. The zero-order valence-corrected chi connectivity index (χ0v) is 20.2. The monoisotopic (exact) mass is 494 g/mol. The minimum atomic E-state index is -0.257. The van der Waals surface area contributed by atoms with E-state index < -0.39 is 0 Å². The van der Waals surface area contributed by atoms with E-state index in [9.17, 15) is 14.0 Å². The van der Waals surface area contributed by atoms with Gasteiger partial charge in [-0.25, -0.2) is 9.37 Å². The highest BCUT2D eigenvalue weighted by Gasteiger charge is 2.23. The quantitative estimate of drug-likeness (QED) is 0.305. The van der Waals surface area contributed by atoms with Crippen molar-refractivity contribution < 1.29 is 9.18 Å². The molecule has 1 aliphatic rings. The number of rotatable bonds is 5. The largest absolute Gasteiger partial charge is 0.368 e. The SMILES string of the molecule is Cc1cccc(-n2c(SCC(=O)N3CCN(c4ccc(F)cc4)CC3)nc3ccsc3c2=O)c1. The normalized spacial score (nSPS) is 14.1. The van der Waals surface area contributed by atoms with Crippen molar-refractivity contribution in [2.75, 3.05) is 36.8 Å². The number of carbonyl (C=O) groups excluding carboxylic acids is 1. The lowest BCUT2D eigenvalue weighted by atomic mass is 10.2. The molecule has 2 aromatic carbocycles. The second-order valence-electron chi connectivity index (χ2n) is 8.14. The molecule has 34 heavy (non-hydrogen) atoms. The van der Waals surface area contributed by atoms with E-state index in [1.54, 1.807) is 16.7 Å². The van der Waals surface area contributed by atoms with Crippen LogP contribution in [0.1, 0.15) is 5.56 Å². The summed E-state index contributed by atoms with van der Waals surface area (Å²) in [5.41, 5.74) is 3.28. The van der Waals surface area contributed by atoms with Crippen LogP contribution in [0.5, 0.6) is 0 Å². The van der Waals surface area contributed by atoms with E-state index in [1.807, 2.05) is 47.5 Å². The second-order valence-corrected chi connectivity index (χ2v) is 10.0. The van der Waals surface area contributed by atoms with Gasteiger partial charge in [0.2, 0.25) is 5.91 Å². The van der Waals surface area contributed by atoms with Crippen LogP contribution in [0.3, 0.4) is 0 Å². The summed E-state index contributed by atoms with van der Waals surface area (Å²) >= 11 is 2.67. The summed E-state index contributed by atoms with van der Waals surface area (Å²) in [7, 11) is 0. The molecule has 0 bridgehead atoms. The number of halogens is 1. The van der Waals surface area contributed by atoms with Crippen LogP contribution in [0.4, 0.5) is 10.1 Å². The van der Waals surface area contributed by atoms with Gasteiger partial charge in [-0.2, -0.15) is 0 Å². The number of amides is 1. The molecular formula is C25H23FN4O2S2. The van der Waals surface area contributed by atoms with Crippen molar-refractivity contribution in [3.8, 4) is 5.69 Å². The molecule has 174 valence electrons. The van der Waals surface area contributed by atoms with Gasteiger partial charge in [0.1, 0.15) is 10.5 Å². The number of aromatic nitrogens is 2. The van der Waals surface area contributed by atoms with E-state index in [0.717, 1.165) is 16.9 Å². The fourth-order valence-electron chi connectivity index (χ4n) is 4.07. The van der Waals surface area contributed by atoms with Crippen LogP contribution >= 0.6 is 23.1 Å². The molecule has 9 heteroatoms. The van der Waals surface area contributed by atoms with Crippen molar-refractivity contribution in [3.63, 3.8) is 0 Å². The van der Waals surface area contributed by atoms with Gasteiger partial charge in [-0.1, -0.05) is 23.9 Å². The average molecular weight is 495 g/mol. The molecule has 0 N–H and O–H groups in total. The van der Waals surface area contributed by atoms with Crippen molar-refractivity contribution in [1.29, 1.82) is 0 Å². The molecule has 0 saturated carbocycles. The predicted molar refractivity (Wildman–Crippen MR) is 136 cm³/mol. The Morgan fingerprint density at radius 3 is 2.56 bits per heavy atom. The fourth-order valence-corrected chi connectivity index (χ4v) is 5.74. The molecule has 0 unspecified atom stereocenters. The zero-order valence-electron chi connectivity index (χ0n) is 18.6. The number of nitrogens with zero attached hydrogens (tertiary/aromatic N) is 4. The first kappa shape index (κ1) is 22.6. The molecular weight excluding hydrogens is 471 g/mol. The third kappa shape index (κ3) is 4.58. The van der Waals surface area contributed by atoms with Crippen LogP contribution in [0.2, 0.25) is 0 Å². The first-order chi connectivity index (χ1) is 16.5. The number of hydrogen-bond acceptors (Lipinski definition) is 6. The number of anilines is 1. The van der Waals surface area contributed by atoms with Gasteiger partial charge in [0.15, 0.2) is 5.16 Å². The van der Waals surface area contributed by atoms with Gasteiger partial charge < -0.3 is 9.80 Å². The average Bonchev–Trinajstić information content (AvgIpc) is 3.32. The van der Waals surface area contributed by atoms with Gasteiger partial charge in [-0.3, -0.25) is 14.2 Å². The topological polar surface area (TPSA) is 58.4 Å². The van der Waals surface area contributed by atoms with Crippen LogP contribution < -0.4 is 10.5 Å². The Balaban J connectivity index is 1.31. The number of aryl methyl sites for hydroxylation is 1. The van der Waals surface area contributed by atoms with Crippen LogP contribution in [0.25, 0.3) is 15.9 Å². The number of fused-ring (bicyclic) bond motifs is 1. The van der Waals surface area contributed by atoms with Gasteiger partial charge in [0.25, 0.3) is 5.56 Å². The summed E-state index contributed by atoms with van der Waals surface area (Å²) in [6.07, 6.45) is 0. The van der Waals surface area contributed by atoms with Gasteiger partial charge in [-0.15, -0.1) is 11.3 Å². The number of thiophene rings is 1. The van der Waals surface area contributed by atoms with E-state index in [1.165, 1.54) is 35.2 Å². The molecule has 1 aliphatic heterocycles. The molecule has 1 fully saturated rings. The lowest BCUT2D eigenvalue weighted by molar-refractivity contribution is -0.128. The molecule has 0 atom stereocenters. The van der Waals surface area contributed by atoms with E-state index >= 15 is 0 Å². The Labute approximate surface area is 204 Å². The zero-order chi connectivity index (χ0) is 23.7. The summed E-state index contributed by atoms with van der Waals surface area (Å²) < 4.78 is 15.4. The molecule has 0 radical (unpaired) electrons. The van der Waals surface area contributed by atoms with Crippen molar-refractivity contribution in [2.45, 2.75) is 12.1 Å². The third-order valence-corrected chi connectivity index (χ3v) is 7.67. The number of carbonyl (C=O) groups is 1. The van der Waals surface area contributed by atoms with Crippen LogP contribution in [-0.2, 0) is 4.79 Å². The molecule has 6 nitrogen and oxygen atoms in total. The smallest absolute Gasteiger partial charge is 0.276 e. The molecule has 4 aromatic rings. The van der Waals surface area contributed by atoms with Crippen molar-refractivity contribution in [2.24, 2.45) is 0 Å². The van der Waals surface area contributed by atoms with E-state index in [0.29, 0.717) is 41.6 Å². The van der Waals surface area contributed by atoms with Crippen LogP contribution in [0, 0.1) is 12.7 Å². The summed E-state index contributed by atoms with van der Waals surface area (Å²) in [6.45, 7) is 4.55. The number of benzene rings is 2. The molecule has 1 amide bonds. The minimum Gasteiger partial charge on any atom is -0.368 e. The number of hydrogen-bond donors (Lipinski definition) is 0.